The van der Waals surface area contributed by atoms with Crippen molar-refractivity contribution < 1.29 is 14.6 Å². The number of nitrogen functional groups attached to an aromatic ring is 1. The van der Waals surface area contributed by atoms with Crippen molar-refractivity contribution in [2.24, 2.45) is 0 Å². The van der Waals surface area contributed by atoms with Crippen LogP contribution in [0.15, 0.2) is 24.3 Å². The molecule has 1 aliphatic heterocycles. The highest BCUT2D eigenvalue weighted by molar-refractivity contribution is 5.95. The van der Waals surface area contributed by atoms with Crippen LogP contribution in [-0.2, 0) is 9.53 Å². The molecule has 1 aliphatic rings. The molecular formula is C13H19N3O3. The number of benzene rings is 1. The molecule has 1 aromatic carbocycles. The lowest BCUT2D eigenvalue weighted by Crippen LogP contribution is -2.46. The van der Waals surface area contributed by atoms with Gasteiger partial charge in [-0.05, 0) is 12.1 Å². The monoisotopic (exact) mass is 265 g/mol. The molecule has 6 nitrogen and oxygen atoms in total. The number of amides is 1. The van der Waals surface area contributed by atoms with Gasteiger partial charge < -0.3 is 20.9 Å². The Bertz CT molecular complexity index is 439. The van der Waals surface area contributed by atoms with E-state index < -0.39 is 0 Å². The summed E-state index contributed by atoms with van der Waals surface area (Å²) in [5, 5.41) is 11.8. The molecule has 1 amide bonds. The van der Waals surface area contributed by atoms with Crippen molar-refractivity contribution in [1.29, 1.82) is 0 Å². The average Bonchev–Trinajstić information content (AvgIpc) is 2.41. The van der Waals surface area contributed by atoms with E-state index >= 15 is 0 Å². The Labute approximate surface area is 112 Å². The van der Waals surface area contributed by atoms with Crippen LogP contribution in [-0.4, -0.2) is 54.9 Å². The standard InChI is InChI=1S/C13H19N3O3/c14-11-3-1-2-4-12(11)15-13(18)8-16-5-6-19-10(7-16)9-17/h1-4,10,17H,5-9,14H2,(H,15,18). The molecule has 2 rings (SSSR count). The maximum absolute atomic E-state index is 11.9. The number of aliphatic hydroxyl groups is 1. The van der Waals surface area contributed by atoms with Crippen LogP contribution in [0.1, 0.15) is 0 Å². The topological polar surface area (TPSA) is 87.8 Å². The maximum Gasteiger partial charge on any atom is 0.238 e. The van der Waals surface area contributed by atoms with E-state index in [4.69, 9.17) is 15.6 Å². The predicted octanol–water partition coefficient (Wildman–Crippen LogP) is -0.0996. The van der Waals surface area contributed by atoms with Crippen LogP contribution in [0.5, 0.6) is 0 Å². The SMILES string of the molecule is Nc1ccccc1NC(=O)CN1CCOC(CO)C1. The molecule has 0 aliphatic carbocycles. The van der Waals surface area contributed by atoms with Gasteiger partial charge in [0.25, 0.3) is 0 Å². The van der Waals surface area contributed by atoms with Crippen molar-refractivity contribution in [3.05, 3.63) is 24.3 Å². The predicted molar refractivity (Wildman–Crippen MR) is 72.7 cm³/mol. The van der Waals surface area contributed by atoms with Crippen LogP contribution in [0, 0.1) is 0 Å². The van der Waals surface area contributed by atoms with Crippen LogP contribution in [0.4, 0.5) is 11.4 Å². The number of rotatable bonds is 4. The van der Waals surface area contributed by atoms with Crippen LogP contribution in [0.3, 0.4) is 0 Å². The van der Waals surface area contributed by atoms with Gasteiger partial charge >= 0.3 is 0 Å². The first kappa shape index (κ1) is 13.8. The van der Waals surface area contributed by atoms with Gasteiger partial charge in [0.1, 0.15) is 0 Å². The zero-order chi connectivity index (χ0) is 13.7. The minimum atomic E-state index is -0.205. The Hall–Kier alpha value is -1.63. The highest BCUT2D eigenvalue weighted by atomic mass is 16.5. The Morgan fingerprint density at radius 1 is 1.53 bits per heavy atom. The molecule has 0 aromatic heterocycles. The molecule has 1 fully saturated rings. The van der Waals surface area contributed by atoms with Crippen molar-refractivity contribution in [2.75, 3.05) is 43.9 Å². The molecule has 1 atom stereocenters. The molecule has 0 saturated carbocycles. The molecule has 6 heteroatoms. The summed E-state index contributed by atoms with van der Waals surface area (Å²) in [5.74, 6) is -0.114. The smallest absolute Gasteiger partial charge is 0.238 e. The number of aliphatic hydroxyl groups excluding tert-OH is 1. The zero-order valence-electron chi connectivity index (χ0n) is 10.7. The number of para-hydroxylation sites is 2. The lowest BCUT2D eigenvalue weighted by atomic mass is 10.2. The average molecular weight is 265 g/mol. The number of nitrogens with one attached hydrogen (secondary N) is 1. The molecule has 0 spiro atoms. The largest absolute Gasteiger partial charge is 0.397 e. The fourth-order valence-corrected chi connectivity index (χ4v) is 2.04. The Balaban J connectivity index is 1.86. The van der Waals surface area contributed by atoms with Crippen molar-refractivity contribution in [1.82, 2.24) is 4.90 Å². The molecule has 0 radical (unpaired) electrons. The molecule has 1 unspecified atom stereocenters. The lowest BCUT2D eigenvalue weighted by molar-refractivity contribution is -0.120. The van der Waals surface area contributed by atoms with Gasteiger partial charge in [-0.2, -0.15) is 0 Å². The van der Waals surface area contributed by atoms with Gasteiger partial charge in [-0.15, -0.1) is 0 Å². The summed E-state index contributed by atoms with van der Waals surface area (Å²) in [6.45, 7) is 2.03. The first-order chi connectivity index (χ1) is 9.19. The summed E-state index contributed by atoms with van der Waals surface area (Å²) in [7, 11) is 0. The van der Waals surface area contributed by atoms with Crippen molar-refractivity contribution in [3.63, 3.8) is 0 Å². The zero-order valence-corrected chi connectivity index (χ0v) is 10.7. The molecule has 104 valence electrons. The fourth-order valence-electron chi connectivity index (χ4n) is 2.04. The van der Waals surface area contributed by atoms with Crippen molar-refractivity contribution >= 4 is 17.3 Å². The van der Waals surface area contributed by atoms with Gasteiger partial charge in [-0.25, -0.2) is 0 Å². The Morgan fingerprint density at radius 3 is 3.05 bits per heavy atom. The summed E-state index contributed by atoms with van der Waals surface area (Å²) < 4.78 is 5.33. The molecule has 1 saturated heterocycles. The van der Waals surface area contributed by atoms with Gasteiger partial charge in [-0.1, -0.05) is 12.1 Å². The van der Waals surface area contributed by atoms with E-state index in [9.17, 15) is 4.79 Å². The fraction of sp³-hybridized carbons (Fsp3) is 0.462. The number of hydrogen-bond donors (Lipinski definition) is 3. The second kappa shape index (κ2) is 6.51. The van der Waals surface area contributed by atoms with E-state index in [0.29, 0.717) is 31.1 Å². The number of carbonyl (C=O) groups excluding carboxylic acids is 1. The molecule has 19 heavy (non-hydrogen) atoms. The van der Waals surface area contributed by atoms with Gasteiger partial charge in [-0.3, -0.25) is 9.69 Å². The van der Waals surface area contributed by atoms with Gasteiger partial charge in [0.05, 0.1) is 37.2 Å². The van der Waals surface area contributed by atoms with Crippen LogP contribution >= 0.6 is 0 Å². The number of morpholine rings is 1. The summed E-state index contributed by atoms with van der Waals surface area (Å²) in [6, 6.07) is 7.15. The van der Waals surface area contributed by atoms with E-state index in [-0.39, 0.29) is 25.2 Å². The number of nitrogens with two attached hydrogens (primary N) is 1. The maximum atomic E-state index is 11.9. The van der Waals surface area contributed by atoms with Crippen molar-refractivity contribution in [3.8, 4) is 0 Å². The number of hydrogen-bond acceptors (Lipinski definition) is 5. The van der Waals surface area contributed by atoms with E-state index in [1.54, 1.807) is 12.1 Å². The Morgan fingerprint density at radius 2 is 2.32 bits per heavy atom. The Kier molecular flexibility index (Phi) is 4.73. The first-order valence-corrected chi connectivity index (χ1v) is 6.28. The number of ether oxygens (including phenoxy) is 1. The van der Waals surface area contributed by atoms with Gasteiger partial charge in [0.15, 0.2) is 0 Å². The van der Waals surface area contributed by atoms with E-state index in [0.717, 1.165) is 0 Å². The molecular weight excluding hydrogens is 246 g/mol. The molecule has 0 bridgehead atoms. The van der Waals surface area contributed by atoms with E-state index in [1.165, 1.54) is 0 Å². The number of anilines is 2. The summed E-state index contributed by atoms with van der Waals surface area (Å²) >= 11 is 0. The van der Waals surface area contributed by atoms with Crippen LogP contribution in [0.2, 0.25) is 0 Å². The van der Waals surface area contributed by atoms with E-state index in [2.05, 4.69) is 5.32 Å². The quantitative estimate of drug-likeness (QED) is 0.662. The van der Waals surface area contributed by atoms with Crippen LogP contribution < -0.4 is 11.1 Å². The number of nitrogens with zero attached hydrogens (tertiary/aromatic N) is 1. The molecule has 4 N–H and O–H groups in total. The lowest BCUT2D eigenvalue weighted by Gasteiger charge is -2.31. The third-order valence-electron chi connectivity index (χ3n) is 3.03. The minimum absolute atomic E-state index is 0.0241. The first-order valence-electron chi connectivity index (χ1n) is 6.28. The molecule has 1 aromatic rings. The second-order valence-corrected chi connectivity index (χ2v) is 4.55. The highest BCUT2D eigenvalue weighted by Gasteiger charge is 2.21. The van der Waals surface area contributed by atoms with Crippen molar-refractivity contribution in [2.45, 2.75) is 6.10 Å². The second-order valence-electron chi connectivity index (χ2n) is 4.55. The highest BCUT2D eigenvalue weighted by Crippen LogP contribution is 2.16. The summed E-state index contributed by atoms with van der Waals surface area (Å²) in [6.07, 6.45) is -0.205. The normalized spacial score (nSPS) is 20.2. The van der Waals surface area contributed by atoms with E-state index in [1.807, 2.05) is 17.0 Å². The number of carbonyl (C=O) groups is 1. The molecule has 1 heterocycles. The minimum Gasteiger partial charge on any atom is -0.397 e. The summed E-state index contributed by atoms with van der Waals surface area (Å²) in [4.78, 5) is 13.9. The third-order valence-corrected chi connectivity index (χ3v) is 3.03. The van der Waals surface area contributed by atoms with Crippen LogP contribution in [0.25, 0.3) is 0 Å². The van der Waals surface area contributed by atoms with Gasteiger partial charge in [0.2, 0.25) is 5.91 Å². The van der Waals surface area contributed by atoms with Gasteiger partial charge in [0, 0.05) is 13.1 Å². The summed E-state index contributed by atoms with van der Waals surface area (Å²) in [5.41, 5.74) is 6.94. The third kappa shape index (κ3) is 3.92.